The third kappa shape index (κ3) is 3.34. The summed E-state index contributed by atoms with van der Waals surface area (Å²) in [6, 6.07) is 7.59. The van der Waals surface area contributed by atoms with E-state index < -0.39 is 10.0 Å². The van der Waals surface area contributed by atoms with E-state index in [2.05, 4.69) is 9.88 Å². The van der Waals surface area contributed by atoms with Crippen LogP contribution >= 0.6 is 0 Å². The summed E-state index contributed by atoms with van der Waals surface area (Å²) in [5.74, 6) is 0.663. The molecule has 2 fully saturated rings. The van der Waals surface area contributed by atoms with Crippen LogP contribution in [0.4, 0.5) is 5.82 Å². The summed E-state index contributed by atoms with van der Waals surface area (Å²) in [7, 11) is -1.67. The van der Waals surface area contributed by atoms with E-state index in [1.807, 2.05) is 13.1 Å². The summed E-state index contributed by atoms with van der Waals surface area (Å²) in [4.78, 5) is 20.3. The van der Waals surface area contributed by atoms with E-state index >= 15 is 0 Å². The third-order valence-electron chi connectivity index (χ3n) is 5.56. The van der Waals surface area contributed by atoms with Gasteiger partial charge in [-0.3, -0.25) is 4.79 Å². The first-order valence-corrected chi connectivity index (χ1v) is 11.0. The van der Waals surface area contributed by atoms with Crippen molar-refractivity contribution in [2.75, 3.05) is 44.7 Å². The molecule has 0 bridgehead atoms. The Bertz CT molecular complexity index is 998. The molecule has 2 N–H and O–H groups in total. The second-order valence-electron chi connectivity index (χ2n) is 7.32. The lowest BCUT2D eigenvalue weighted by molar-refractivity contribution is -0.130. The second kappa shape index (κ2) is 7.31. The zero-order valence-corrected chi connectivity index (χ0v) is 16.7. The van der Waals surface area contributed by atoms with Gasteiger partial charge in [-0.05, 0) is 25.0 Å². The molecule has 1 amide bonds. The number of fused-ring (bicyclic) bond motifs is 1. The summed E-state index contributed by atoms with van der Waals surface area (Å²) >= 11 is 0. The fraction of sp³-hybridized carbons (Fsp3) is 0.474. The average Bonchev–Trinajstić information content (AvgIpc) is 3.57. The summed E-state index contributed by atoms with van der Waals surface area (Å²) in [6.45, 7) is 1.20. The standard InChI is InChI=1S/C19H25N5O3S/c1-22(14-5-6-14)19-16-3-2-4-17(15(16)7-8-21-19)28(26,27)24-11-9-23(10-12-24)18(25)13-20/h2-4,7-8,14H,5-6,9-13,20H2,1H3. The van der Waals surface area contributed by atoms with Crippen LogP contribution in [0.5, 0.6) is 0 Å². The third-order valence-corrected chi connectivity index (χ3v) is 7.51. The Morgan fingerprint density at radius 2 is 1.89 bits per heavy atom. The minimum atomic E-state index is -3.67. The van der Waals surface area contributed by atoms with Crippen molar-refractivity contribution in [1.82, 2.24) is 14.2 Å². The van der Waals surface area contributed by atoms with Crippen LogP contribution in [0, 0.1) is 0 Å². The molecule has 2 heterocycles. The fourth-order valence-corrected chi connectivity index (χ4v) is 5.38. The largest absolute Gasteiger partial charge is 0.356 e. The number of rotatable bonds is 5. The monoisotopic (exact) mass is 403 g/mol. The van der Waals surface area contributed by atoms with Crippen LogP contribution in [-0.4, -0.2) is 74.3 Å². The van der Waals surface area contributed by atoms with E-state index in [-0.39, 0.29) is 30.4 Å². The molecule has 2 aliphatic rings. The van der Waals surface area contributed by atoms with Gasteiger partial charge in [0.25, 0.3) is 0 Å². The van der Waals surface area contributed by atoms with Crippen LogP contribution in [0.25, 0.3) is 10.8 Å². The molecule has 1 saturated heterocycles. The molecule has 0 unspecified atom stereocenters. The highest BCUT2D eigenvalue weighted by Crippen LogP contribution is 2.35. The van der Waals surface area contributed by atoms with Crippen molar-refractivity contribution in [3.63, 3.8) is 0 Å². The molecule has 0 atom stereocenters. The summed E-state index contributed by atoms with van der Waals surface area (Å²) < 4.78 is 28.1. The lowest BCUT2D eigenvalue weighted by atomic mass is 10.1. The minimum Gasteiger partial charge on any atom is -0.356 e. The molecule has 1 aromatic carbocycles. The molecule has 9 heteroatoms. The lowest BCUT2D eigenvalue weighted by Gasteiger charge is -2.34. The Morgan fingerprint density at radius 1 is 1.18 bits per heavy atom. The number of pyridine rings is 1. The van der Waals surface area contributed by atoms with Gasteiger partial charge in [-0.2, -0.15) is 4.31 Å². The molecule has 1 aliphatic carbocycles. The van der Waals surface area contributed by atoms with Crippen molar-refractivity contribution < 1.29 is 13.2 Å². The predicted octanol–water partition coefficient (Wildman–Crippen LogP) is 0.625. The van der Waals surface area contributed by atoms with Gasteiger partial charge in [-0.1, -0.05) is 12.1 Å². The highest BCUT2D eigenvalue weighted by atomic mass is 32.2. The van der Waals surface area contributed by atoms with E-state index in [1.165, 1.54) is 4.31 Å². The van der Waals surface area contributed by atoms with Crippen molar-refractivity contribution in [3.05, 3.63) is 30.5 Å². The average molecular weight is 404 g/mol. The maximum atomic E-state index is 13.3. The highest BCUT2D eigenvalue weighted by molar-refractivity contribution is 7.89. The van der Waals surface area contributed by atoms with E-state index in [0.29, 0.717) is 24.5 Å². The van der Waals surface area contributed by atoms with E-state index in [9.17, 15) is 13.2 Å². The maximum absolute atomic E-state index is 13.3. The minimum absolute atomic E-state index is 0.0552. The van der Waals surface area contributed by atoms with Crippen molar-refractivity contribution in [3.8, 4) is 0 Å². The van der Waals surface area contributed by atoms with Crippen molar-refractivity contribution in [2.24, 2.45) is 5.73 Å². The Balaban J connectivity index is 1.67. The first-order chi connectivity index (χ1) is 13.4. The van der Waals surface area contributed by atoms with Crippen LogP contribution in [0.15, 0.2) is 35.4 Å². The lowest BCUT2D eigenvalue weighted by Crippen LogP contribution is -2.51. The number of nitrogens with zero attached hydrogens (tertiary/aromatic N) is 4. The molecule has 1 aliphatic heterocycles. The number of amides is 1. The molecular weight excluding hydrogens is 378 g/mol. The van der Waals surface area contributed by atoms with Gasteiger partial charge in [0.1, 0.15) is 5.82 Å². The Hall–Kier alpha value is -2.23. The number of hydrogen-bond acceptors (Lipinski definition) is 6. The number of hydrogen-bond donors (Lipinski definition) is 1. The topological polar surface area (TPSA) is 99.8 Å². The molecule has 0 spiro atoms. The van der Waals surface area contributed by atoms with Gasteiger partial charge in [-0.25, -0.2) is 13.4 Å². The zero-order valence-electron chi connectivity index (χ0n) is 15.9. The Kier molecular flexibility index (Phi) is 4.98. The van der Waals surface area contributed by atoms with Gasteiger partial charge in [-0.15, -0.1) is 0 Å². The number of carbonyl (C=O) groups is 1. The number of carbonyl (C=O) groups excluding carboxylic acids is 1. The van der Waals surface area contributed by atoms with Gasteiger partial charge in [0.05, 0.1) is 11.4 Å². The van der Waals surface area contributed by atoms with Crippen molar-refractivity contribution in [1.29, 1.82) is 0 Å². The SMILES string of the molecule is CN(c1nccc2c(S(=O)(=O)N3CCN(C(=O)CN)CC3)cccc12)C1CC1. The zero-order chi connectivity index (χ0) is 19.9. The number of benzene rings is 1. The molecule has 2 aromatic rings. The molecule has 0 radical (unpaired) electrons. The molecule has 4 rings (SSSR count). The van der Waals surface area contributed by atoms with E-state index in [1.54, 1.807) is 29.3 Å². The Labute approximate surface area is 165 Å². The van der Waals surface area contributed by atoms with Crippen LogP contribution in [0.2, 0.25) is 0 Å². The summed E-state index contributed by atoms with van der Waals surface area (Å²) in [6.07, 6.45) is 3.95. The number of piperazine rings is 1. The quantitative estimate of drug-likeness (QED) is 0.786. The smallest absolute Gasteiger partial charge is 0.243 e. The van der Waals surface area contributed by atoms with Crippen molar-refractivity contribution in [2.45, 2.75) is 23.8 Å². The van der Waals surface area contributed by atoms with Crippen LogP contribution in [0.3, 0.4) is 0 Å². The van der Waals surface area contributed by atoms with Gasteiger partial charge in [0, 0.05) is 56.2 Å². The summed E-state index contributed by atoms with van der Waals surface area (Å²) in [5.41, 5.74) is 5.41. The van der Waals surface area contributed by atoms with Crippen LogP contribution in [0.1, 0.15) is 12.8 Å². The van der Waals surface area contributed by atoms with E-state index in [0.717, 1.165) is 24.0 Å². The van der Waals surface area contributed by atoms with Gasteiger partial charge in [0.2, 0.25) is 15.9 Å². The van der Waals surface area contributed by atoms with Gasteiger partial charge < -0.3 is 15.5 Å². The number of aromatic nitrogens is 1. The number of anilines is 1. The van der Waals surface area contributed by atoms with E-state index in [4.69, 9.17) is 5.73 Å². The normalized spacial score (nSPS) is 18.4. The highest BCUT2D eigenvalue weighted by Gasteiger charge is 2.32. The first kappa shape index (κ1) is 19.1. The molecule has 150 valence electrons. The molecule has 1 aromatic heterocycles. The van der Waals surface area contributed by atoms with Crippen molar-refractivity contribution >= 4 is 32.5 Å². The van der Waals surface area contributed by atoms with Gasteiger partial charge in [0.15, 0.2) is 0 Å². The first-order valence-electron chi connectivity index (χ1n) is 9.52. The molecular formula is C19H25N5O3S. The number of sulfonamides is 1. The summed E-state index contributed by atoms with van der Waals surface area (Å²) in [5, 5.41) is 1.52. The maximum Gasteiger partial charge on any atom is 0.243 e. The molecule has 8 nitrogen and oxygen atoms in total. The number of nitrogens with two attached hydrogens (primary N) is 1. The van der Waals surface area contributed by atoms with Crippen LogP contribution in [-0.2, 0) is 14.8 Å². The molecule has 28 heavy (non-hydrogen) atoms. The molecule has 1 saturated carbocycles. The van der Waals surface area contributed by atoms with Crippen LogP contribution < -0.4 is 10.6 Å². The predicted molar refractivity (Wildman–Crippen MR) is 108 cm³/mol. The van der Waals surface area contributed by atoms with Gasteiger partial charge >= 0.3 is 0 Å². The fourth-order valence-electron chi connectivity index (χ4n) is 3.75. The second-order valence-corrected chi connectivity index (χ2v) is 9.22. The Morgan fingerprint density at radius 3 is 2.54 bits per heavy atom.